The van der Waals surface area contributed by atoms with Gasteiger partial charge in [-0.2, -0.15) is 0 Å². The van der Waals surface area contributed by atoms with Crippen molar-refractivity contribution < 1.29 is 4.39 Å². The fraction of sp³-hybridized carbons (Fsp3) is 0.300. The lowest BCUT2D eigenvalue weighted by Gasteiger charge is -2.10. The molecular formula is C10H13FN2S. The highest BCUT2D eigenvalue weighted by atomic mass is 32.1. The first-order valence-electron chi connectivity index (χ1n) is 4.23. The van der Waals surface area contributed by atoms with Crippen LogP contribution in [-0.4, -0.2) is 24.0 Å². The molecule has 2 N–H and O–H groups in total. The lowest BCUT2D eigenvalue weighted by molar-refractivity contribution is 0.401. The van der Waals surface area contributed by atoms with Crippen LogP contribution in [0.5, 0.6) is 0 Å². The first kappa shape index (κ1) is 11.1. The van der Waals surface area contributed by atoms with Crippen LogP contribution < -0.4 is 5.73 Å². The van der Waals surface area contributed by atoms with E-state index in [-0.39, 0.29) is 10.8 Å². The van der Waals surface area contributed by atoms with E-state index in [9.17, 15) is 4.39 Å². The van der Waals surface area contributed by atoms with Crippen molar-refractivity contribution in [1.29, 1.82) is 0 Å². The molecular weight excluding hydrogens is 199 g/mol. The Bertz CT molecular complexity index is 350. The highest BCUT2D eigenvalue weighted by Crippen LogP contribution is 2.10. The molecule has 2 nitrogen and oxygen atoms in total. The van der Waals surface area contributed by atoms with Crippen molar-refractivity contribution in [1.82, 2.24) is 4.90 Å². The van der Waals surface area contributed by atoms with Gasteiger partial charge in [0, 0.05) is 12.1 Å². The van der Waals surface area contributed by atoms with Crippen LogP contribution in [0, 0.1) is 5.82 Å². The number of nitrogens with zero attached hydrogens (tertiary/aromatic N) is 1. The normalized spacial score (nSPS) is 10.6. The predicted octanol–water partition coefficient (Wildman–Crippen LogP) is 1.52. The van der Waals surface area contributed by atoms with Crippen LogP contribution in [0.3, 0.4) is 0 Å². The Morgan fingerprint density at radius 3 is 2.57 bits per heavy atom. The van der Waals surface area contributed by atoms with Crippen LogP contribution >= 0.6 is 12.2 Å². The van der Waals surface area contributed by atoms with E-state index in [0.717, 1.165) is 5.56 Å². The standard InChI is InChI=1S/C10H13FN2S/c1-13(2)6-7-3-8(10(12)14)5-9(11)4-7/h3-5H,6H2,1-2H3,(H2,12,14). The second-order valence-corrected chi connectivity index (χ2v) is 3.89. The summed E-state index contributed by atoms with van der Waals surface area (Å²) < 4.78 is 13.1. The van der Waals surface area contributed by atoms with Gasteiger partial charge >= 0.3 is 0 Å². The summed E-state index contributed by atoms with van der Waals surface area (Å²) in [5.74, 6) is -0.299. The van der Waals surface area contributed by atoms with Gasteiger partial charge in [-0.15, -0.1) is 0 Å². The van der Waals surface area contributed by atoms with Gasteiger partial charge in [-0.1, -0.05) is 12.2 Å². The molecule has 0 saturated heterocycles. The van der Waals surface area contributed by atoms with Gasteiger partial charge in [-0.25, -0.2) is 4.39 Å². The average Bonchev–Trinajstić information content (AvgIpc) is 2.01. The van der Waals surface area contributed by atoms with Gasteiger partial charge in [0.15, 0.2) is 0 Å². The minimum absolute atomic E-state index is 0.226. The van der Waals surface area contributed by atoms with Crippen LogP contribution in [0.2, 0.25) is 0 Å². The Labute approximate surface area is 88.5 Å². The molecule has 14 heavy (non-hydrogen) atoms. The molecule has 1 aromatic carbocycles. The second kappa shape index (κ2) is 4.48. The van der Waals surface area contributed by atoms with E-state index < -0.39 is 0 Å². The van der Waals surface area contributed by atoms with Gasteiger partial charge in [-0.05, 0) is 37.9 Å². The average molecular weight is 212 g/mol. The number of halogens is 1. The molecule has 0 radical (unpaired) electrons. The molecule has 1 rings (SSSR count). The molecule has 0 aliphatic rings. The van der Waals surface area contributed by atoms with Crippen LogP contribution in [0.1, 0.15) is 11.1 Å². The van der Waals surface area contributed by atoms with E-state index in [1.807, 2.05) is 25.1 Å². The van der Waals surface area contributed by atoms with E-state index >= 15 is 0 Å². The number of benzene rings is 1. The van der Waals surface area contributed by atoms with Crippen molar-refractivity contribution in [3.8, 4) is 0 Å². The fourth-order valence-corrected chi connectivity index (χ4v) is 1.37. The maximum Gasteiger partial charge on any atom is 0.124 e. The van der Waals surface area contributed by atoms with Gasteiger partial charge in [0.2, 0.25) is 0 Å². The molecule has 0 aromatic heterocycles. The molecule has 0 saturated carbocycles. The van der Waals surface area contributed by atoms with Gasteiger partial charge in [0.05, 0.1) is 0 Å². The summed E-state index contributed by atoms with van der Waals surface area (Å²) in [6.45, 7) is 0.674. The Morgan fingerprint density at radius 2 is 2.07 bits per heavy atom. The summed E-state index contributed by atoms with van der Waals surface area (Å²) in [6, 6.07) is 4.65. The lowest BCUT2D eigenvalue weighted by atomic mass is 10.1. The van der Waals surface area contributed by atoms with Gasteiger partial charge in [-0.3, -0.25) is 0 Å². The quantitative estimate of drug-likeness (QED) is 0.770. The smallest absolute Gasteiger partial charge is 0.124 e. The molecule has 0 amide bonds. The fourth-order valence-electron chi connectivity index (χ4n) is 1.25. The van der Waals surface area contributed by atoms with E-state index in [1.165, 1.54) is 12.1 Å². The van der Waals surface area contributed by atoms with Crippen LogP contribution in [0.15, 0.2) is 18.2 Å². The third-order valence-electron chi connectivity index (χ3n) is 1.74. The summed E-state index contributed by atoms with van der Waals surface area (Å²) in [5, 5.41) is 0. The molecule has 0 atom stereocenters. The molecule has 0 heterocycles. The van der Waals surface area contributed by atoms with E-state index in [2.05, 4.69) is 0 Å². The summed E-state index contributed by atoms with van der Waals surface area (Å²) in [5.41, 5.74) is 6.89. The largest absolute Gasteiger partial charge is 0.389 e. The summed E-state index contributed by atoms with van der Waals surface area (Å²) in [7, 11) is 3.84. The second-order valence-electron chi connectivity index (χ2n) is 3.45. The van der Waals surface area contributed by atoms with Gasteiger partial charge in [0.1, 0.15) is 10.8 Å². The molecule has 0 bridgehead atoms. The summed E-state index contributed by atoms with van der Waals surface area (Å²) in [6.07, 6.45) is 0. The zero-order valence-electron chi connectivity index (χ0n) is 8.25. The zero-order valence-corrected chi connectivity index (χ0v) is 9.07. The highest BCUT2D eigenvalue weighted by Gasteiger charge is 2.03. The van der Waals surface area contributed by atoms with Crippen molar-refractivity contribution in [3.05, 3.63) is 35.1 Å². The maximum absolute atomic E-state index is 13.1. The number of hydrogen-bond donors (Lipinski definition) is 1. The van der Waals surface area contributed by atoms with E-state index in [1.54, 1.807) is 0 Å². The first-order chi connectivity index (χ1) is 6.49. The molecule has 0 aliphatic heterocycles. The summed E-state index contributed by atoms with van der Waals surface area (Å²) >= 11 is 4.79. The van der Waals surface area contributed by atoms with E-state index in [4.69, 9.17) is 18.0 Å². The highest BCUT2D eigenvalue weighted by molar-refractivity contribution is 7.80. The van der Waals surface area contributed by atoms with Crippen molar-refractivity contribution in [2.45, 2.75) is 6.54 Å². The molecule has 76 valence electrons. The number of hydrogen-bond acceptors (Lipinski definition) is 2. The number of rotatable bonds is 3. The lowest BCUT2D eigenvalue weighted by Crippen LogP contribution is -2.14. The Balaban J connectivity index is 3.01. The molecule has 4 heteroatoms. The minimum Gasteiger partial charge on any atom is -0.389 e. The third-order valence-corrected chi connectivity index (χ3v) is 1.98. The zero-order chi connectivity index (χ0) is 10.7. The van der Waals surface area contributed by atoms with Gasteiger partial charge < -0.3 is 10.6 Å². The number of nitrogens with two attached hydrogens (primary N) is 1. The molecule has 0 fully saturated rings. The van der Waals surface area contributed by atoms with Crippen LogP contribution in [0.4, 0.5) is 4.39 Å². The molecule has 1 aromatic rings. The summed E-state index contributed by atoms with van der Waals surface area (Å²) in [4.78, 5) is 2.18. The van der Waals surface area contributed by atoms with Crippen molar-refractivity contribution in [2.24, 2.45) is 5.73 Å². The van der Waals surface area contributed by atoms with Crippen LogP contribution in [0.25, 0.3) is 0 Å². The van der Waals surface area contributed by atoms with Gasteiger partial charge in [0.25, 0.3) is 0 Å². The van der Waals surface area contributed by atoms with Crippen molar-refractivity contribution >= 4 is 17.2 Å². The van der Waals surface area contributed by atoms with E-state index in [0.29, 0.717) is 12.1 Å². The monoisotopic (exact) mass is 212 g/mol. The topological polar surface area (TPSA) is 29.3 Å². The SMILES string of the molecule is CN(C)Cc1cc(F)cc(C(N)=S)c1. The maximum atomic E-state index is 13.1. The predicted molar refractivity (Wildman–Crippen MR) is 59.7 cm³/mol. The first-order valence-corrected chi connectivity index (χ1v) is 4.64. The van der Waals surface area contributed by atoms with Crippen LogP contribution in [-0.2, 0) is 6.54 Å². The minimum atomic E-state index is -0.299. The Kier molecular flexibility index (Phi) is 3.55. The van der Waals surface area contributed by atoms with Crippen molar-refractivity contribution in [3.63, 3.8) is 0 Å². The Hall–Kier alpha value is -1.00. The molecule has 0 aliphatic carbocycles. The molecule has 0 unspecified atom stereocenters. The Morgan fingerprint density at radius 1 is 1.43 bits per heavy atom. The number of thiocarbonyl (C=S) groups is 1. The van der Waals surface area contributed by atoms with Crippen molar-refractivity contribution in [2.75, 3.05) is 14.1 Å². The third kappa shape index (κ3) is 3.05. The molecule has 0 spiro atoms.